The van der Waals surface area contributed by atoms with E-state index >= 15 is 0 Å². The van der Waals surface area contributed by atoms with E-state index in [1.807, 2.05) is 0 Å². The zero-order valence-electron chi connectivity index (χ0n) is 14.4. The first kappa shape index (κ1) is 19.0. The minimum absolute atomic E-state index is 0.0260. The number of nitrogens with one attached hydrogen (secondary N) is 1. The molecule has 138 valence electrons. The van der Waals surface area contributed by atoms with Crippen molar-refractivity contribution >= 4 is 46.3 Å². The number of H-pyrrole nitrogens is 1. The van der Waals surface area contributed by atoms with Crippen LogP contribution in [0.4, 0.5) is 0 Å². The van der Waals surface area contributed by atoms with Gasteiger partial charge in [0.1, 0.15) is 16.8 Å². The van der Waals surface area contributed by atoms with Crippen molar-refractivity contribution in [3.63, 3.8) is 0 Å². The van der Waals surface area contributed by atoms with Gasteiger partial charge >= 0.3 is 7.12 Å². The molecule has 0 bridgehead atoms. The Bertz CT molecular complexity index is 1060. The summed E-state index contributed by atoms with van der Waals surface area (Å²) >= 11 is 1.30. The molecule has 2 aromatic heterocycles. The van der Waals surface area contributed by atoms with Gasteiger partial charge in [-0.2, -0.15) is 0 Å². The van der Waals surface area contributed by atoms with Gasteiger partial charge in [-0.25, -0.2) is 4.98 Å². The van der Waals surface area contributed by atoms with Gasteiger partial charge in [0, 0.05) is 17.7 Å². The maximum Gasteiger partial charge on any atom is 0.489 e. The van der Waals surface area contributed by atoms with Gasteiger partial charge in [0.25, 0.3) is 11.5 Å². The number of hydrogen-bond donors (Lipinski definition) is 3. The highest BCUT2D eigenvalue weighted by Gasteiger charge is 2.21. The van der Waals surface area contributed by atoms with Gasteiger partial charge < -0.3 is 19.9 Å². The van der Waals surface area contributed by atoms with Crippen LogP contribution in [0, 0.1) is 0 Å². The van der Waals surface area contributed by atoms with E-state index in [-0.39, 0.29) is 34.6 Å². The van der Waals surface area contributed by atoms with Crippen LogP contribution in [0.25, 0.3) is 10.2 Å². The van der Waals surface area contributed by atoms with Gasteiger partial charge in [-0.15, -0.1) is 11.3 Å². The molecule has 3 rings (SSSR count). The quantitative estimate of drug-likeness (QED) is 0.410. The molecular weight excluding hydrogens is 369 g/mol. The smallest absolute Gasteiger partial charge is 0.423 e. The predicted molar refractivity (Wildman–Crippen MR) is 102 cm³/mol. The maximum absolute atomic E-state index is 12.8. The lowest BCUT2D eigenvalue weighted by Crippen LogP contribution is -2.35. The van der Waals surface area contributed by atoms with Crippen LogP contribution in [0.3, 0.4) is 0 Å². The molecule has 0 unspecified atom stereocenters. The molecule has 10 heteroatoms. The van der Waals surface area contributed by atoms with Crippen molar-refractivity contribution in [2.45, 2.75) is 13.5 Å². The lowest BCUT2D eigenvalue weighted by atomic mass is 9.77. The van der Waals surface area contributed by atoms with Crippen LogP contribution in [-0.2, 0) is 6.54 Å². The predicted octanol–water partition coefficient (Wildman–Crippen LogP) is 0.139. The van der Waals surface area contributed by atoms with Crippen molar-refractivity contribution < 1.29 is 19.6 Å². The Kier molecular flexibility index (Phi) is 5.50. The molecule has 0 atom stereocenters. The van der Waals surface area contributed by atoms with Crippen LogP contribution in [-0.4, -0.2) is 50.8 Å². The van der Waals surface area contributed by atoms with E-state index < -0.39 is 7.12 Å². The number of amides is 1. The Labute approximate surface area is 158 Å². The lowest BCUT2D eigenvalue weighted by molar-refractivity contribution is 0.0748. The number of thiophene rings is 1. The van der Waals surface area contributed by atoms with Crippen molar-refractivity contribution in [3.05, 3.63) is 57.0 Å². The van der Waals surface area contributed by atoms with Gasteiger partial charge in [-0.05, 0) is 36.0 Å². The number of carbonyl (C=O) groups is 2. The fourth-order valence-corrected chi connectivity index (χ4v) is 3.46. The highest BCUT2D eigenvalue weighted by Crippen LogP contribution is 2.15. The molecule has 8 nitrogen and oxygen atoms in total. The third-order valence-electron chi connectivity index (χ3n) is 4.11. The molecule has 3 N–H and O–H groups in total. The molecular formula is C17H16BN3O5S. The number of aromatic amines is 1. The molecule has 0 spiro atoms. The summed E-state index contributed by atoms with van der Waals surface area (Å²) in [5.74, 6) is -0.00763. The van der Waals surface area contributed by atoms with Crippen molar-refractivity contribution in [1.29, 1.82) is 0 Å². The zero-order valence-corrected chi connectivity index (χ0v) is 15.2. The number of benzene rings is 1. The van der Waals surface area contributed by atoms with Crippen LogP contribution in [0.1, 0.15) is 33.5 Å². The molecule has 0 saturated carbocycles. The van der Waals surface area contributed by atoms with Crippen LogP contribution in [0.2, 0.25) is 0 Å². The first-order valence-electron chi connectivity index (χ1n) is 8.15. The molecule has 0 saturated heterocycles. The maximum atomic E-state index is 12.8. The molecule has 2 heterocycles. The monoisotopic (exact) mass is 385 g/mol. The summed E-state index contributed by atoms with van der Waals surface area (Å²) in [6.45, 7) is 2.23. The van der Waals surface area contributed by atoms with E-state index in [9.17, 15) is 24.4 Å². The topological polar surface area (TPSA) is 124 Å². The van der Waals surface area contributed by atoms with Gasteiger partial charge in [0.2, 0.25) is 0 Å². The highest BCUT2D eigenvalue weighted by molar-refractivity contribution is 7.17. The second kappa shape index (κ2) is 7.83. The molecule has 0 aliphatic heterocycles. The summed E-state index contributed by atoms with van der Waals surface area (Å²) in [5.41, 5.74) is 0.601. The third-order valence-corrected chi connectivity index (χ3v) is 5.01. The molecule has 1 amide bonds. The van der Waals surface area contributed by atoms with Gasteiger partial charge in [0.05, 0.1) is 12.1 Å². The molecule has 0 radical (unpaired) electrons. The average molecular weight is 385 g/mol. The van der Waals surface area contributed by atoms with E-state index in [0.29, 0.717) is 28.9 Å². The first-order chi connectivity index (χ1) is 12.9. The first-order valence-corrected chi connectivity index (χ1v) is 9.03. The van der Waals surface area contributed by atoms with Crippen molar-refractivity contribution in [3.8, 4) is 0 Å². The second-order valence-corrected chi connectivity index (χ2v) is 6.72. The Morgan fingerprint density at radius 3 is 2.81 bits per heavy atom. The Morgan fingerprint density at radius 2 is 2.15 bits per heavy atom. The molecule has 27 heavy (non-hydrogen) atoms. The number of aldehydes is 1. The number of hydrogen-bond acceptors (Lipinski definition) is 7. The number of aromatic nitrogens is 2. The lowest BCUT2D eigenvalue weighted by Gasteiger charge is -2.21. The van der Waals surface area contributed by atoms with E-state index in [1.165, 1.54) is 34.4 Å². The summed E-state index contributed by atoms with van der Waals surface area (Å²) < 4.78 is 0.530. The summed E-state index contributed by atoms with van der Waals surface area (Å²) in [7, 11) is -1.80. The molecule has 0 fully saturated rings. The van der Waals surface area contributed by atoms with E-state index in [1.54, 1.807) is 18.4 Å². The largest absolute Gasteiger partial charge is 0.489 e. The minimum Gasteiger partial charge on any atom is -0.423 e. The number of carbonyl (C=O) groups excluding carboxylic acids is 2. The molecule has 0 aliphatic carbocycles. The third kappa shape index (κ3) is 3.82. The van der Waals surface area contributed by atoms with Gasteiger partial charge in [-0.1, -0.05) is 6.07 Å². The van der Waals surface area contributed by atoms with Crippen LogP contribution in [0.15, 0.2) is 34.4 Å². The van der Waals surface area contributed by atoms with Crippen LogP contribution < -0.4 is 11.0 Å². The number of fused-ring (bicyclic) bond motifs is 1. The SMILES string of the molecule is CCN(Cc1nc2ccsc2c(=O)[nH]1)C(=O)c1ccc(B(O)O)c(C=O)c1. The number of nitrogens with zero attached hydrogens (tertiary/aromatic N) is 2. The average Bonchev–Trinajstić information content (AvgIpc) is 3.14. The number of rotatable bonds is 6. The van der Waals surface area contributed by atoms with Crippen LogP contribution >= 0.6 is 11.3 Å². The molecule has 1 aromatic carbocycles. The van der Waals surface area contributed by atoms with E-state index in [2.05, 4.69) is 9.97 Å². The summed E-state index contributed by atoms with van der Waals surface area (Å²) in [6, 6.07) is 5.80. The van der Waals surface area contributed by atoms with Crippen molar-refractivity contribution in [2.75, 3.05) is 6.54 Å². The van der Waals surface area contributed by atoms with Gasteiger partial charge in [0.15, 0.2) is 0 Å². The van der Waals surface area contributed by atoms with E-state index in [4.69, 9.17) is 0 Å². The minimum atomic E-state index is -1.80. The molecule has 3 aromatic rings. The fraction of sp³-hybridized carbons (Fsp3) is 0.176. The standard InChI is InChI=1S/C17H16BN3O5S/c1-2-21(8-14-19-13-5-6-27-15(13)16(23)20-14)17(24)10-3-4-12(18(25)26)11(7-10)9-22/h3-7,9,25-26H,2,8H2,1H3,(H,19,20,23). The van der Waals surface area contributed by atoms with Crippen molar-refractivity contribution in [1.82, 2.24) is 14.9 Å². The fourth-order valence-electron chi connectivity index (χ4n) is 2.73. The zero-order chi connectivity index (χ0) is 19.6. The van der Waals surface area contributed by atoms with Crippen molar-refractivity contribution in [2.24, 2.45) is 0 Å². The van der Waals surface area contributed by atoms with E-state index in [0.717, 1.165) is 0 Å². The second-order valence-electron chi connectivity index (χ2n) is 5.80. The highest BCUT2D eigenvalue weighted by atomic mass is 32.1. The Hall–Kier alpha value is -2.82. The molecule has 0 aliphatic rings. The summed E-state index contributed by atoms with van der Waals surface area (Å²) in [4.78, 5) is 44.6. The Balaban J connectivity index is 1.89. The van der Waals surface area contributed by atoms with Gasteiger partial charge in [-0.3, -0.25) is 14.4 Å². The Morgan fingerprint density at radius 1 is 1.37 bits per heavy atom. The van der Waals surface area contributed by atoms with Crippen LogP contribution in [0.5, 0.6) is 0 Å². The normalized spacial score (nSPS) is 10.8. The summed E-state index contributed by atoms with van der Waals surface area (Å²) in [6.07, 6.45) is 0.464. The summed E-state index contributed by atoms with van der Waals surface area (Å²) in [5, 5.41) is 20.3.